The molecule has 1 N–H and O–H groups in total. The Labute approximate surface area is 152 Å². The Morgan fingerprint density at radius 2 is 1.85 bits per heavy atom. The van der Waals surface area contributed by atoms with Crippen LogP contribution >= 0.6 is 0 Å². The van der Waals surface area contributed by atoms with Gasteiger partial charge < -0.3 is 14.8 Å². The fourth-order valence-corrected chi connectivity index (χ4v) is 2.87. The lowest BCUT2D eigenvalue weighted by molar-refractivity contribution is -0.158. The summed E-state index contributed by atoms with van der Waals surface area (Å²) in [5.41, 5.74) is 0.655. The van der Waals surface area contributed by atoms with Crippen LogP contribution in [0.25, 0.3) is 0 Å². The van der Waals surface area contributed by atoms with Gasteiger partial charge in [-0.1, -0.05) is 25.1 Å². The van der Waals surface area contributed by atoms with Gasteiger partial charge in [0.25, 0.3) is 0 Å². The van der Waals surface area contributed by atoms with E-state index in [4.69, 9.17) is 9.47 Å². The second-order valence-electron chi connectivity index (χ2n) is 6.00. The van der Waals surface area contributed by atoms with Gasteiger partial charge in [0.2, 0.25) is 5.91 Å². The van der Waals surface area contributed by atoms with Gasteiger partial charge in [-0.25, -0.2) is 0 Å². The van der Waals surface area contributed by atoms with Gasteiger partial charge in [0, 0.05) is 12.2 Å². The number of anilines is 1. The van der Waals surface area contributed by atoms with Crippen molar-refractivity contribution >= 4 is 17.6 Å². The van der Waals surface area contributed by atoms with Crippen molar-refractivity contribution in [1.29, 1.82) is 0 Å². The maximum Gasteiger partial charge on any atom is 0.323 e. The van der Waals surface area contributed by atoms with Crippen LogP contribution < -0.4 is 10.1 Å². The highest BCUT2D eigenvalue weighted by molar-refractivity contribution is 5.94. The number of hydrogen-bond acceptors (Lipinski definition) is 5. The first-order valence-electron chi connectivity index (χ1n) is 8.69. The van der Waals surface area contributed by atoms with Crippen LogP contribution in [-0.2, 0) is 14.3 Å². The maximum absolute atomic E-state index is 12.3. The second-order valence-corrected chi connectivity index (χ2v) is 6.00. The van der Waals surface area contributed by atoms with Crippen LogP contribution in [-0.4, -0.2) is 42.5 Å². The van der Waals surface area contributed by atoms with Crippen molar-refractivity contribution in [2.45, 2.75) is 19.4 Å². The number of rotatable bonds is 6. The monoisotopic (exact) mass is 354 g/mol. The van der Waals surface area contributed by atoms with Crippen LogP contribution in [0.4, 0.5) is 5.69 Å². The number of esters is 1. The molecule has 2 aromatic rings. The molecule has 0 bridgehead atoms. The van der Waals surface area contributed by atoms with Crippen molar-refractivity contribution in [3.05, 3.63) is 54.6 Å². The summed E-state index contributed by atoms with van der Waals surface area (Å²) in [4.78, 5) is 26.2. The molecule has 1 amide bonds. The summed E-state index contributed by atoms with van der Waals surface area (Å²) >= 11 is 0. The van der Waals surface area contributed by atoms with Gasteiger partial charge in [0.05, 0.1) is 6.42 Å². The molecule has 0 saturated carbocycles. The second kappa shape index (κ2) is 8.49. The Kier molecular flexibility index (Phi) is 5.86. The number of benzene rings is 2. The molecule has 1 aliphatic heterocycles. The first-order valence-corrected chi connectivity index (χ1v) is 8.69. The fourth-order valence-electron chi connectivity index (χ4n) is 2.87. The SMILES string of the molecule is CCN1CCOC(=O)[C@H]1CC(=O)Nc1ccc(Oc2ccccc2)cc1. The molecule has 1 saturated heterocycles. The van der Waals surface area contributed by atoms with E-state index < -0.39 is 6.04 Å². The van der Waals surface area contributed by atoms with E-state index in [9.17, 15) is 9.59 Å². The van der Waals surface area contributed by atoms with Gasteiger partial charge >= 0.3 is 5.97 Å². The smallest absolute Gasteiger partial charge is 0.323 e. The minimum Gasteiger partial charge on any atom is -0.463 e. The maximum atomic E-state index is 12.3. The van der Waals surface area contributed by atoms with Crippen LogP contribution in [0.1, 0.15) is 13.3 Å². The number of ether oxygens (including phenoxy) is 2. The molecule has 136 valence electrons. The predicted molar refractivity (Wildman–Crippen MR) is 98.2 cm³/mol. The summed E-state index contributed by atoms with van der Waals surface area (Å²) in [7, 11) is 0. The molecule has 1 aliphatic rings. The van der Waals surface area contributed by atoms with Gasteiger partial charge in [-0.05, 0) is 42.9 Å². The van der Waals surface area contributed by atoms with Crippen molar-refractivity contribution in [2.75, 3.05) is 25.0 Å². The van der Waals surface area contributed by atoms with Crippen molar-refractivity contribution in [1.82, 2.24) is 4.90 Å². The molecule has 0 aliphatic carbocycles. The molecular formula is C20H22N2O4. The first-order chi connectivity index (χ1) is 12.7. The summed E-state index contributed by atoms with van der Waals surface area (Å²) in [6, 6.07) is 16.1. The van der Waals surface area contributed by atoms with E-state index in [1.54, 1.807) is 24.3 Å². The third kappa shape index (κ3) is 4.61. The summed E-state index contributed by atoms with van der Waals surface area (Å²) in [6.45, 7) is 3.72. The van der Waals surface area contributed by atoms with Gasteiger partial charge in [-0.15, -0.1) is 0 Å². The summed E-state index contributed by atoms with van der Waals surface area (Å²) < 4.78 is 10.8. The van der Waals surface area contributed by atoms with Crippen LogP contribution in [0.2, 0.25) is 0 Å². The summed E-state index contributed by atoms with van der Waals surface area (Å²) in [5.74, 6) is 0.880. The normalized spacial score (nSPS) is 17.4. The molecule has 1 fully saturated rings. The van der Waals surface area contributed by atoms with Crippen LogP contribution in [0.15, 0.2) is 54.6 Å². The number of nitrogens with one attached hydrogen (secondary N) is 1. The van der Waals surface area contributed by atoms with Gasteiger partial charge in [0.1, 0.15) is 24.1 Å². The highest BCUT2D eigenvalue weighted by Crippen LogP contribution is 2.23. The number of carbonyl (C=O) groups is 2. The third-order valence-corrected chi connectivity index (χ3v) is 4.24. The molecule has 6 heteroatoms. The topological polar surface area (TPSA) is 67.9 Å². The zero-order valence-electron chi connectivity index (χ0n) is 14.7. The van der Waals surface area contributed by atoms with Crippen LogP contribution in [0.5, 0.6) is 11.5 Å². The molecule has 2 aromatic carbocycles. The van der Waals surface area contributed by atoms with E-state index in [0.29, 0.717) is 31.1 Å². The van der Waals surface area contributed by atoms with E-state index in [1.807, 2.05) is 42.2 Å². The number of cyclic esters (lactones) is 1. The predicted octanol–water partition coefficient (Wildman–Crippen LogP) is 3.05. The lowest BCUT2D eigenvalue weighted by atomic mass is 10.1. The first kappa shape index (κ1) is 17.9. The summed E-state index contributed by atoms with van der Waals surface area (Å²) in [6.07, 6.45) is 0.0783. The highest BCUT2D eigenvalue weighted by Gasteiger charge is 2.32. The van der Waals surface area contributed by atoms with Crippen LogP contribution in [0, 0.1) is 0 Å². The Morgan fingerprint density at radius 1 is 1.15 bits per heavy atom. The van der Waals surface area contributed by atoms with Crippen molar-refractivity contribution in [3.63, 3.8) is 0 Å². The van der Waals surface area contributed by atoms with Crippen molar-refractivity contribution in [3.8, 4) is 11.5 Å². The number of morpholine rings is 1. The zero-order chi connectivity index (χ0) is 18.4. The average molecular weight is 354 g/mol. The van der Waals surface area contributed by atoms with E-state index in [2.05, 4.69) is 5.32 Å². The van der Waals surface area contributed by atoms with Crippen molar-refractivity contribution in [2.24, 2.45) is 0 Å². The van der Waals surface area contributed by atoms with E-state index in [1.165, 1.54) is 0 Å². The van der Waals surface area contributed by atoms with Crippen LogP contribution in [0.3, 0.4) is 0 Å². The molecule has 26 heavy (non-hydrogen) atoms. The Bertz CT molecular complexity index is 746. The highest BCUT2D eigenvalue weighted by atomic mass is 16.5. The fraction of sp³-hybridized carbons (Fsp3) is 0.300. The molecule has 3 rings (SSSR count). The largest absolute Gasteiger partial charge is 0.463 e. The molecule has 0 aromatic heterocycles. The quantitative estimate of drug-likeness (QED) is 0.808. The Hall–Kier alpha value is -2.86. The minimum atomic E-state index is -0.519. The number of likely N-dealkylation sites (N-methyl/N-ethyl adjacent to an activating group) is 1. The van der Waals surface area contributed by atoms with E-state index in [-0.39, 0.29) is 18.3 Å². The molecule has 0 radical (unpaired) electrons. The molecule has 1 atom stereocenters. The molecule has 6 nitrogen and oxygen atoms in total. The Morgan fingerprint density at radius 3 is 2.54 bits per heavy atom. The zero-order valence-corrected chi connectivity index (χ0v) is 14.7. The number of para-hydroxylation sites is 1. The molecule has 0 spiro atoms. The van der Waals surface area contributed by atoms with E-state index >= 15 is 0 Å². The van der Waals surface area contributed by atoms with Crippen molar-refractivity contribution < 1.29 is 19.1 Å². The van der Waals surface area contributed by atoms with E-state index in [0.717, 1.165) is 5.75 Å². The number of nitrogens with zero attached hydrogens (tertiary/aromatic N) is 1. The summed E-state index contributed by atoms with van der Waals surface area (Å²) in [5, 5.41) is 2.82. The molecule has 0 unspecified atom stereocenters. The van der Waals surface area contributed by atoms with Gasteiger partial charge in [-0.2, -0.15) is 0 Å². The molecule has 1 heterocycles. The minimum absolute atomic E-state index is 0.0783. The third-order valence-electron chi connectivity index (χ3n) is 4.24. The number of carbonyl (C=O) groups excluding carboxylic acids is 2. The standard InChI is InChI=1S/C20H22N2O4/c1-2-22-12-13-25-20(24)18(22)14-19(23)21-15-8-10-17(11-9-15)26-16-6-4-3-5-7-16/h3-11,18H,2,12-14H2,1H3,(H,21,23)/t18-/m1/s1. The lowest BCUT2D eigenvalue weighted by Gasteiger charge is -2.32. The Balaban J connectivity index is 1.56. The lowest BCUT2D eigenvalue weighted by Crippen LogP contribution is -2.50. The number of hydrogen-bond donors (Lipinski definition) is 1. The number of amides is 1. The molecular weight excluding hydrogens is 332 g/mol. The van der Waals surface area contributed by atoms with Gasteiger partial charge in [0.15, 0.2) is 0 Å². The van der Waals surface area contributed by atoms with Gasteiger partial charge in [-0.3, -0.25) is 14.5 Å². The average Bonchev–Trinajstić information content (AvgIpc) is 2.66.